The van der Waals surface area contributed by atoms with Crippen LogP contribution in [-0.4, -0.2) is 53.6 Å². The number of alkyl halides is 2. The van der Waals surface area contributed by atoms with E-state index in [9.17, 15) is 13.6 Å². The fourth-order valence-corrected chi connectivity index (χ4v) is 3.48. The van der Waals surface area contributed by atoms with E-state index < -0.39 is 13.0 Å². The van der Waals surface area contributed by atoms with Gasteiger partial charge in [0.2, 0.25) is 11.8 Å². The summed E-state index contributed by atoms with van der Waals surface area (Å²) in [4.78, 5) is 23.5. The molecule has 0 spiro atoms. The molecule has 3 heterocycles. The monoisotopic (exact) mass is 432 g/mol. The van der Waals surface area contributed by atoms with Crippen molar-refractivity contribution in [2.45, 2.75) is 25.9 Å². The standard InChI is InChI=1S/C21H22F2N4O4/c1-11(13-6-19(28)24-8-13)31-21-20-15(25-10-26-20)7-14(27-21)12-3-4-16(17(5-12)29-2)30-9-18(22)23/h3-5,7,10-11,13,18H,6,8-9H2,1-2H3,(H,24,28)(H,25,26)/t11-,13-/m1/s1. The molecule has 1 saturated heterocycles. The quantitative estimate of drug-likeness (QED) is 0.567. The van der Waals surface area contributed by atoms with Gasteiger partial charge < -0.3 is 24.5 Å². The normalized spacial score (nSPS) is 17.1. The minimum atomic E-state index is -2.58. The fraction of sp³-hybridized carbons (Fsp3) is 0.381. The SMILES string of the molecule is COc1cc(-c2cc3[nH]cnc3c(O[C@H](C)[C@H]3CNC(=O)C3)n2)ccc1OCC(F)F. The molecule has 0 aliphatic carbocycles. The van der Waals surface area contributed by atoms with E-state index in [0.29, 0.717) is 41.4 Å². The van der Waals surface area contributed by atoms with E-state index in [4.69, 9.17) is 14.2 Å². The largest absolute Gasteiger partial charge is 0.493 e. The third kappa shape index (κ3) is 4.52. The van der Waals surface area contributed by atoms with Gasteiger partial charge in [0.05, 0.1) is 24.6 Å². The topological polar surface area (TPSA) is 98.4 Å². The number of pyridine rings is 1. The number of methoxy groups -OCH3 is 1. The fourth-order valence-electron chi connectivity index (χ4n) is 3.48. The molecule has 0 radical (unpaired) electrons. The number of ether oxygens (including phenoxy) is 3. The second-order valence-corrected chi connectivity index (χ2v) is 7.27. The summed E-state index contributed by atoms with van der Waals surface area (Å²) < 4.78 is 41.5. The lowest BCUT2D eigenvalue weighted by atomic mass is 10.0. The van der Waals surface area contributed by atoms with E-state index in [0.717, 1.165) is 5.52 Å². The number of fused-ring (bicyclic) bond motifs is 1. The van der Waals surface area contributed by atoms with Crippen molar-refractivity contribution in [3.8, 4) is 28.6 Å². The molecular weight excluding hydrogens is 410 g/mol. The maximum absolute atomic E-state index is 12.5. The zero-order valence-electron chi connectivity index (χ0n) is 17.0. The average Bonchev–Trinajstić information content (AvgIpc) is 3.41. The van der Waals surface area contributed by atoms with Gasteiger partial charge in [-0.25, -0.2) is 18.7 Å². The lowest BCUT2D eigenvalue weighted by Gasteiger charge is -2.19. The van der Waals surface area contributed by atoms with Gasteiger partial charge in [-0.05, 0) is 31.2 Å². The van der Waals surface area contributed by atoms with Gasteiger partial charge in [-0.3, -0.25) is 4.79 Å². The molecule has 1 amide bonds. The van der Waals surface area contributed by atoms with Gasteiger partial charge in [-0.15, -0.1) is 0 Å². The van der Waals surface area contributed by atoms with Crippen LogP contribution in [0.3, 0.4) is 0 Å². The summed E-state index contributed by atoms with van der Waals surface area (Å²) in [6.45, 7) is 1.74. The van der Waals surface area contributed by atoms with Crippen LogP contribution in [0, 0.1) is 5.92 Å². The van der Waals surface area contributed by atoms with Gasteiger partial charge in [0.25, 0.3) is 6.43 Å². The Kier molecular flexibility index (Phi) is 5.88. The lowest BCUT2D eigenvalue weighted by Crippen LogP contribution is -2.26. The number of rotatable bonds is 8. The Hall–Kier alpha value is -3.43. The number of benzene rings is 1. The van der Waals surface area contributed by atoms with Gasteiger partial charge in [-0.1, -0.05) is 0 Å². The first kappa shape index (κ1) is 20.8. The third-order valence-corrected chi connectivity index (χ3v) is 5.17. The number of hydrogen-bond donors (Lipinski definition) is 2. The number of imidazole rings is 1. The number of carbonyl (C=O) groups is 1. The van der Waals surface area contributed by atoms with Crippen molar-refractivity contribution in [1.29, 1.82) is 0 Å². The zero-order chi connectivity index (χ0) is 22.0. The van der Waals surface area contributed by atoms with Crippen molar-refractivity contribution in [3.05, 3.63) is 30.6 Å². The first-order chi connectivity index (χ1) is 14.9. The van der Waals surface area contributed by atoms with E-state index in [1.165, 1.54) is 7.11 Å². The molecule has 2 N–H and O–H groups in total. The van der Waals surface area contributed by atoms with E-state index in [1.54, 1.807) is 24.5 Å². The molecule has 10 heteroatoms. The minimum Gasteiger partial charge on any atom is -0.493 e. The smallest absolute Gasteiger partial charge is 0.272 e. The molecule has 3 aromatic rings. The Labute approximate surface area is 176 Å². The molecule has 1 aromatic carbocycles. The van der Waals surface area contributed by atoms with Crippen molar-refractivity contribution >= 4 is 16.9 Å². The van der Waals surface area contributed by atoms with Gasteiger partial charge in [0.15, 0.2) is 17.0 Å². The van der Waals surface area contributed by atoms with Crippen molar-refractivity contribution in [2.75, 3.05) is 20.3 Å². The molecule has 1 aliphatic heterocycles. The van der Waals surface area contributed by atoms with Crippen LogP contribution < -0.4 is 19.5 Å². The van der Waals surface area contributed by atoms with Crippen molar-refractivity contribution < 1.29 is 27.8 Å². The Morgan fingerprint density at radius 3 is 2.81 bits per heavy atom. The summed E-state index contributed by atoms with van der Waals surface area (Å²) in [5.74, 6) is 0.929. The first-order valence-corrected chi connectivity index (χ1v) is 9.81. The van der Waals surface area contributed by atoms with Crippen molar-refractivity contribution in [3.63, 3.8) is 0 Å². The molecule has 8 nitrogen and oxygen atoms in total. The van der Waals surface area contributed by atoms with E-state index >= 15 is 0 Å². The lowest BCUT2D eigenvalue weighted by molar-refractivity contribution is -0.119. The predicted molar refractivity (Wildman–Crippen MR) is 109 cm³/mol. The Morgan fingerprint density at radius 1 is 1.26 bits per heavy atom. The van der Waals surface area contributed by atoms with Gasteiger partial charge in [-0.2, -0.15) is 0 Å². The van der Waals surface area contributed by atoms with Crippen LogP contribution >= 0.6 is 0 Å². The average molecular weight is 432 g/mol. The van der Waals surface area contributed by atoms with E-state index in [2.05, 4.69) is 20.3 Å². The van der Waals surface area contributed by atoms with Crippen LogP contribution in [0.4, 0.5) is 8.78 Å². The van der Waals surface area contributed by atoms with Crippen molar-refractivity contribution in [1.82, 2.24) is 20.3 Å². The molecule has 0 unspecified atom stereocenters. The van der Waals surface area contributed by atoms with Gasteiger partial charge >= 0.3 is 0 Å². The summed E-state index contributed by atoms with van der Waals surface area (Å²) in [5.41, 5.74) is 2.58. The summed E-state index contributed by atoms with van der Waals surface area (Å²) in [6.07, 6.45) is -0.875. The number of nitrogens with zero attached hydrogens (tertiary/aromatic N) is 2. The maximum atomic E-state index is 12.5. The molecular formula is C21H22F2N4O4. The molecule has 31 heavy (non-hydrogen) atoms. The van der Waals surface area contributed by atoms with E-state index in [-0.39, 0.29) is 23.7 Å². The molecule has 1 aliphatic rings. The summed E-state index contributed by atoms with van der Waals surface area (Å²) in [7, 11) is 1.44. The number of H-pyrrole nitrogens is 1. The summed E-state index contributed by atoms with van der Waals surface area (Å²) >= 11 is 0. The van der Waals surface area contributed by atoms with E-state index in [1.807, 2.05) is 13.0 Å². The number of aromatic amines is 1. The van der Waals surface area contributed by atoms with Crippen LogP contribution in [0.1, 0.15) is 13.3 Å². The molecule has 2 aromatic heterocycles. The first-order valence-electron chi connectivity index (χ1n) is 9.81. The molecule has 0 bridgehead atoms. The number of aromatic nitrogens is 3. The van der Waals surface area contributed by atoms with Crippen LogP contribution in [0.25, 0.3) is 22.3 Å². The number of carbonyl (C=O) groups excluding carboxylic acids is 1. The molecule has 0 saturated carbocycles. The number of hydrogen-bond acceptors (Lipinski definition) is 6. The Balaban J connectivity index is 1.64. The maximum Gasteiger partial charge on any atom is 0.272 e. The number of halogens is 2. The van der Waals surface area contributed by atoms with Crippen LogP contribution in [0.5, 0.6) is 17.4 Å². The van der Waals surface area contributed by atoms with Crippen LogP contribution in [-0.2, 0) is 4.79 Å². The molecule has 1 fully saturated rings. The highest BCUT2D eigenvalue weighted by Gasteiger charge is 2.29. The highest BCUT2D eigenvalue weighted by atomic mass is 19.3. The Morgan fingerprint density at radius 2 is 2.10 bits per heavy atom. The third-order valence-electron chi connectivity index (χ3n) is 5.17. The second-order valence-electron chi connectivity index (χ2n) is 7.27. The molecule has 4 rings (SSSR count). The molecule has 164 valence electrons. The number of nitrogens with one attached hydrogen (secondary N) is 2. The Bertz CT molecular complexity index is 1090. The van der Waals surface area contributed by atoms with Crippen molar-refractivity contribution in [2.24, 2.45) is 5.92 Å². The van der Waals surface area contributed by atoms with Crippen LogP contribution in [0.15, 0.2) is 30.6 Å². The zero-order valence-corrected chi connectivity index (χ0v) is 17.0. The highest BCUT2D eigenvalue weighted by Crippen LogP contribution is 2.35. The van der Waals surface area contributed by atoms with Gasteiger partial charge in [0.1, 0.15) is 12.7 Å². The highest BCUT2D eigenvalue weighted by molar-refractivity contribution is 5.84. The van der Waals surface area contributed by atoms with Gasteiger partial charge in [0, 0.05) is 24.4 Å². The predicted octanol–water partition coefficient (Wildman–Crippen LogP) is 3.18. The minimum absolute atomic E-state index is 0.00771. The summed E-state index contributed by atoms with van der Waals surface area (Å²) in [6, 6.07) is 6.75. The summed E-state index contributed by atoms with van der Waals surface area (Å²) in [5, 5.41) is 2.81. The number of amides is 1. The van der Waals surface area contributed by atoms with Crippen LogP contribution in [0.2, 0.25) is 0 Å². The second kappa shape index (κ2) is 8.75. The molecule has 2 atom stereocenters.